The van der Waals surface area contributed by atoms with Crippen LogP contribution in [0.1, 0.15) is 78.6 Å². The minimum atomic E-state index is -0.725. The summed E-state index contributed by atoms with van der Waals surface area (Å²) in [5.41, 5.74) is -0.181. The number of rotatable bonds is 13. The maximum absolute atomic E-state index is 11.8. The van der Waals surface area contributed by atoms with E-state index in [0.717, 1.165) is 62.0 Å². The van der Waals surface area contributed by atoms with Crippen LogP contribution in [0.5, 0.6) is 0 Å². The van der Waals surface area contributed by atoms with E-state index < -0.39 is 5.97 Å². The van der Waals surface area contributed by atoms with E-state index in [0.29, 0.717) is 52.1 Å². The van der Waals surface area contributed by atoms with Gasteiger partial charge >= 0.3 is 217 Å². The Morgan fingerprint density at radius 3 is 2.39 bits per heavy atom. The molecule has 9 heteroatoms. The van der Waals surface area contributed by atoms with Crippen LogP contribution in [0.3, 0.4) is 0 Å². The summed E-state index contributed by atoms with van der Waals surface area (Å²) in [5.74, 6) is 1.17. The monoisotopic (exact) mass is 600 g/mol. The Labute approximate surface area is 232 Å². The van der Waals surface area contributed by atoms with Gasteiger partial charge in [0.25, 0.3) is 6.47 Å². The van der Waals surface area contributed by atoms with E-state index in [2.05, 4.69) is 20.8 Å². The molecule has 11 atom stereocenters. The zero-order valence-corrected chi connectivity index (χ0v) is 24.6. The molecule has 1 N–H and O–H groups in total. The maximum atomic E-state index is 11.8. The summed E-state index contributed by atoms with van der Waals surface area (Å²) in [5, 5.41) is 10.8. The van der Waals surface area contributed by atoms with Crippen molar-refractivity contribution in [3.05, 3.63) is 0 Å². The van der Waals surface area contributed by atoms with E-state index in [-0.39, 0.29) is 53.3 Å². The molecule has 0 amide bonds. The van der Waals surface area contributed by atoms with Crippen molar-refractivity contribution in [3.8, 4) is 0 Å². The van der Waals surface area contributed by atoms with E-state index in [1.807, 2.05) is 0 Å². The quantitative estimate of drug-likeness (QED) is 0.142. The van der Waals surface area contributed by atoms with Gasteiger partial charge in [-0.25, -0.2) is 0 Å². The number of hydrogen-bond donors (Lipinski definition) is 1. The zero-order valence-electron chi connectivity index (χ0n) is 22.9. The first-order chi connectivity index (χ1) is 18.2. The van der Waals surface area contributed by atoms with Gasteiger partial charge in [-0.2, -0.15) is 0 Å². The van der Waals surface area contributed by atoms with E-state index >= 15 is 0 Å². The number of carbonyl (C=O) groups is 4. The van der Waals surface area contributed by atoms with Gasteiger partial charge in [0.15, 0.2) is 0 Å². The van der Waals surface area contributed by atoms with E-state index in [9.17, 15) is 19.2 Å². The SMILES string of the molecule is C[C@H](CC[Se]CCC(=O)O)[C@H]1CC[C@H]2[C@@H]3[C@H](OC=O)C[C@@H]4C[C@H](OC=O)CC[C@]4(C)[C@H]3C[C@H](OC=O)[C@]12C. The van der Waals surface area contributed by atoms with Crippen molar-refractivity contribution in [2.45, 2.75) is 108 Å². The Kier molecular flexibility index (Phi) is 9.50. The van der Waals surface area contributed by atoms with Gasteiger partial charge < -0.3 is 4.74 Å². The summed E-state index contributed by atoms with van der Waals surface area (Å²) in [7, 11) is 0. The van der Waals surface area contributed by atoms with Crippen LogP contribution in [0, 0.1) is 46.3 Å². The summed E-state index contributed by atoms with van der Waals surface area (Å²) in [6.45, 7) is 8.75. The third-order valence-corrected chi connectivity index (χ3v) is 13.5. The molecule has 4 aliphatic rings. The van der Waals surface area contributed by atoms with Gasteiger partial charge in [-0.15, -0.1) is 0 Å². The Bertz CT molecular complexity index is 868. The van der Waals surface area contributed by atoms with Crippen LogP contribution in [-0.4, -0.2) is 63.8 Å². The Morgan fingerprint density at radius 1 is 0.974 bits per heavy atom. The number of carboxylic acid groups (broad SMARTS) is 1. The summed E-state index contributed by atoms with van der Waals surface area (Å²) in [6, 6.07) is 0. The summed E-state index contributed by atoms with van der Waals surface area (Å²) in [6.07, 6.45) is 7.05. The summed E-state index contributed by atoms with van der Waals surface area (Å²) in [4.78, 5) is 45.4. The first-order valence-electron chi connectivity index (χ1n) is 14.3. The summed E-state index contributed by atoms with van der Waals surface area (Å²) < 4.78 is 17.2. The van der Waals surface area contributed by atoms with Gasteiger partial charge in [-0.05, 0) is 0 Å². The molecule has 0 spiro atoms. The van der Waals surface area contributed by atoms with E-state index in [1.165, 1.54) is 0 Å². The zero-order chi connectivity index (χ0) is 27.5. The van der Waals surface area contributed by atoms with Crippen LogP contribution in [0.2, 0.25) is 10.6 Å². The molecular weight excluding hydrogens is 555 g/mol. The second-order valence-corrected chi connectivity index (χ2v) is 15.2. The molecule has 0 aromatic heterocycles. The van der Waals surface area contributed by atoms with Crippen molar-refractivity contribution in [1.82, 2.24) is 0 Å². The average molecular weight is 600 g/mol. The Morgan fingerprint density at radius 2 is 1.71 bits per heavy atom. The van der Waals surface area contributed by atoms with Crippen molar-refractivity contribution >= 4 is 40.3 Å². The van der Waals surface area contributed by atoms with Crippen molar-refractivity contribution in [3.63, 3.8) is 0 Å². The second-order valence-electron chi connectivity index (χ2n) is 12.7. The van der Waals surface area contributed by atoms with Crippen molar-refractivity contribution < 1.29 is 38.5 Å². The fraction of sp³-hybridized carbons (Fsp3) is 0.862. The Balaban J connectivity index is 1.58. The predicted molar refractivity (Wildman–Crippen MR) is 140 cm³/mol. The third-order valence-electron chi connectivity index (χ3n) is 11.3. The van der Waals surface area contributed by atoms with Crippen LogP contribution in [0.4, 0.5) is 0 Å². The topological polar surface area (TPSA) is 116 Å². The third kappa shape index (κ3) is 5.39. The van der Waals surface area contributed by atoms with Gasteiger partial charge in [0.05, 0.1) is 0 Å². The average Bonchev–Trinajstić information content (AvgIpc) is 3.23. The molecule has 0 saturated heterocycles. The number of fused-ring (bicyclic) bond motifs is 5. The standard InChI is InChI=1S/C29H44O8Se/c1-18(7-10-38-11-8-26(33)34)21-4-5-22-27-23(14-25(37-17-32)29(21,22)3)28(2)9-6-20(35-15-30)12-19(28)13-24(27)36-16-31/h15-25,27H,4-14H2,1-3H3,(H,33,34)/t18-,19+,20-,21-,22+,23+,24-,25+,27+,28+,29-/m1/s1. The van der Waals surface area contributed by atoms with Crippen LogP contribution in [0.25, 0.3) is 0 Å². The molecule has 0 unspecified atom stereocenters. The fourth-order valence-electron chi connectivity index (χ4n) is 9.48. The molecule has 0 aromatic rings. The van der Waals surface area contributed by atoms with Crippen molar-refractivity contribution in [2.75, 3.05) is 0 Å². The fourth-order valence-corrected chi connectivity index (χ4v) is 11.7. The molecule has 4 fully saturated rings. The van der Waals surface area contributed by atoms with Gasteiger partial charge in [0, 0.05) is 0 Å². The van der Waals surface area contributed by atoms with Crippen LogP contribution >= 0.6 is 0 Å². The molecule has 38 heavy (non-hydrogen) atoms. The van der Waals surface area contributed by atoms with Crippen LogP contribution in [0.15, 0.2) is 0 Å². The molecule has 214 valence electrons. The normalized spacial score (nSPS) is 42.5. The molecule has 4 aliphatic carbocycles. The number of carboxylic acids is 1. The molecule has 8 nitrogen and oxygen atoms in total. The molecule has 4 rings (SSSR count). The van der Waals surface area contributed by atoms with E-state index in [4.69, 9.17) is 19.3 Å². The number of carbonyl (C=O) groups excluding carboxylic acids is 3. The number of aliphatic carboxylic acids is 1. The molecule has 0 heterocycles. The number of ether oxygens (including phenoxy) is 3. The molecule has 0 bridgehead atoms. The van der Waals surface area contributed by atoms with Gasteiger partial charge in [-0.3, -0.25) is 4.79 Å². The van der Waals surface area contributed by atoms with E-state index in [1.54, 1.807) is 0 Å². The second kappa shape index (κ2) is 12.3. The van der Waals surface area contributed by atoms with Gasteiger partial charge in [-0.1, -0.05) is 0 Å². The van der Waals surface area contributed by atoms with Gasteiger partial charge in [0.1, 0.15) is 0 Å². The van der Waals surface area contributed by atoms with Crippen LogP contribution in [-0.2, 0) is 33.4 Å². The molecular formula is C29H44O8Se. The minimum absolute atomic E-state index is 0.0122. The summed E-state index contributed by atoms with van der Waals surface area (Å²) >= 11 is 0.324. The number of hydrogen-bond acceptors (Lipinski definition) is 7. The molecule has 4 saturated carbocycles. The predicted octanol–water partition coefficient (Wildman–Crippen LogP) is 4.53. The van der Waals surface area contributed by atoms with Gasteiger partial charge in [0.2, 0.25) is 0 Å². The first-order valence-corrected chi connectivity index (χ1v) is 16.7. The van der Waals surface area contributed by atoms with Crippen molar-refractivity contribution in [2.24, 2.45) is 46.3 Å². The molecule has 0 radical (unpaired) electrons. The van der Waals surface area contributed by atoms with Crippen molar-refractivity contribution in [1.29, 1.82) is 0 Å². The molecule has 0 aliphatic heterocycles. The Hall–Kier alpha value is -1.60. The molecule has 0 aromatic carbocycles. The first kappa shape index (κ1) is 29.4. The van der Waals surface area contributed by atoms with Crippen LogP contribution < -0.4 is 0 Å².